The maximum absolute atomic E-state index is 11.4. The molecule has 1 aromatic rings. The average molecular weight is 237 g/mol. The van der Waals surface area contributed by atoms with E-state index >= 15 is 0 Å². The second kappa shape index (κ2) is 6.91. The topological polar surface area (TPSA) is 69.6 Å². The summed E-state index contributed by atoms with van der Waals surface area (Å²) in [6.45, 7) is 2.15. The third-order valence-corrected chi connectivity index (χ3v) is 2.62. The number of hydrogen-bond acceptors (Lipinski definition) is 3. The number of benzene rings is 1. The van der Waals surface area contributed by atoms with Crippen LogP contribution in [0.15, 0.2) is 24.3 Å². The summed E-state index contributed by atoms with van der Waals surface area (Å²) in [7, 11) is 0. The summed E-state index contributed by atoms with van der Waals surface area (Å²) in [4.78, 5) is 11.4. The Labute approximate surface area is 101 Å². The maximum Gasteiger partial charge on any atom is 0.220 e. The molecule has 0 radical (unpaired) electrons. The monoisotopic (exact) mass is 237 g/mol. The van der Waals surface area contributed by atoms with Crippen LogP contribution in [0.4, 0.5) is 0 Å². The molecule has 0 aromatic heterocycles. The van der Waals surface area contributed by atoms with E-state index in [0.29, 0.717) is 19.3 Å². The van der Waals surface area contributed by atoms with E-state index in [2.05, 4.69) is 5.32 Å². The minimum Gasteiger partial charge on any atom is -0.508 e. The summed E-state index contributed by atoms with van der Waals surface area (Å²) in [5, 5.41) is 21.4. The van der Waals surface area contributed by atoms with Crippen molar-refractivity contribution in [3.8, 4) is 5.75 Å². The Hall–Kier alpha value is -1.55. The number of carbonyl (C=O) groups is 1. The lowest BCUT2D eigenvalue weighted by molar-refractivity contribution is -0.121. The van der Waals surface area contributed by atoms with Crippen LogP contribution in [-0.4, -0.2) is 28.8 Å². The summed E-state index contributed by atoms with van der Waals surface area (Å²) in [5.41, 5.74) is 0.763. The lowest BCUT2D eigenvalue weighted by Crippen LogP contribution is -2.31. The smallest absolute Gasteiger partial charge is 0.220 e. The van der Waals surface area contributed by atoms with Crippen molar-refractivity contribution in [3.05, 3.63) is 29.8 Å². The first-order valence-corrected chi connectivity index (χ1v) is 5.85. The highest BCUT2D eigenvalue weighted by Crippen LogP contribution is 2.16. The third kappa shape index (κ3) is 4.87. The van der Waals surface area contributed by atoms with Crippen molar-refractivity contribution in [2.75, 3.05) is 6.54 Å². The van der Waals surface area contributed by atoms with Crippen molar-refractivity contribution in [2.24, 2.45) is 0 Å². The summed E-state index contributed by atoms with van der Waals surface area (Å²) in [5.74, 6) is 0.106. The molecule has 1 aromatic carbocycles. The van der Waals surface area contributed by atoms with Gasteiger partial charge in [-0.15, -0.1) is 0 Å². The molecule has 3 N–H and O–H groups in total. The van der Waals surface area contributed by atoms with Gasteiger partial charge in [0.05, 0.1) is 6.10 Å². The molecule has 17 heavy (non-hydrogen) atoms. The molecular formula is C13H19NO3. The molecule has 0 bridgehead atoms. The summed E-state index contributed by atoms with van der Waals surface area (Å²) >= 11 is 0. The van der Waals surface area contributed by atoms with Crippen molar-refractivity contribution < 1.29 is 15.0 Å². The molecule has 0 saturated heterocycles. The number of aryl methyl sites for hydroxylation is 1. The lowest BCUT2D eigenvalue weighted by atomic mass is 10.1. The van der Waals surface area contributed by atoms with Crippen molar-refractivity contribution in [3.63, 3.8) is 0 Å². The standard InChI is InChI=1S/C13H19NO3/c1-2-11(15)9-14-13(17)8-7-10-5-3-4-6-12(10)16/h3-6,11,15-16H,2,7-9H2,1H3,(H,14,17). The van der Waals surface area contributed by atoms with Crippen molar-refractivity contribution >= 4 is 5.91 Å². The number of aliphatic hydroxyl groups is 1. The van der Waals surface area contributed by atoms with E-state index in [-0.39, 0.29) is 18.2 Å². The van der Waals surface area contributed by atoms with E-state index < -0.39 is 6.10 Å². The van der Waals surface area contributed by atoms with Crippen LogP contribution < -0.4 is 5.32 Å². The van der Waals surface area contributed by atoms with E-state index in [9.17, 15) is 15.0 Å². The highest BCUT2D eigenvalue weighted by molar-refractivity contribution is 5.76. The molecule has 1 rings (SSSR count). The molecule has 4 heteroatoms. The van der Waals surface area contributed by atoms with Gasteiger partial charge in [0.2, 0.25) is 5.91 Å². The Morgan fingerprint density at radius 3 is 2.76 bits per heavy atom. The van der Waals surface area contributed by atoms with Crippen LogP contribution >= 0.6 is 0 Å². The van der Waals surface area contributed by atoms with Crippen LogP contribution in [0.25, 0.3) is 0 Å². The molecule has 0 heterocycles. The van der Waals surface area contributed by atoms with Crippen LogP contribution in [0, 0.1) is 0 Å². The number of phenols is 1. The molecule has 1 unspecified atom stereocenters. The van der Waals surface area contributed by atoms with Gasteiger partial charge < -0.3 is 15.5 Å². The summed E-state index contributed by atoms with van der Waals surface area (Å²) in [6.07, 6.45) is 0.957. The second-order valence-corrected chi connectivity index (χ2v) is 3.99. The molecule has 0 aliphatic heterocycles. The predicted octanol–water partition coefficient (Wildman–Crippen LogP) is 1.21. The Morgan fingerprint density at radius 2 is 2.12 bits per heavy atom. The first-order valence-electron chi connectivity index (χ1n) is 5.85. The van der Waals surface area contributed by atoms with Gasteiger partial charge in [0.1, 0.15) is 5.75 Å². The fraction of sp³-hybridized carbons (Fsp3) is 0.462. The zero-order valence-electron chi connectivity index (χ0n) is 10.0. The van der Waals surface area contributed by atoms with Gasteiger partial charge in [-0.2, -0.15) is 0 Å². The highest BCUT2D eigenvalue weighted by Gasteiger charge is 2.06. The Bertz CT molecular complexity index is 365. The molecule has 0 saturated carbocycles. The average Bonchev–Trinajstić information content (AvgIpc) is 2.35. The number of amides is 1. The predicted molar refractivity (Wildman–Crippen MR) is 65.7 cm³/mol. The Morgan fingerprint density at radius 1 is 1.41 bits per heavy atom. The van der Waals surface area contributed by atoms with Crippen molar-refractivity contribution in [1.82, 2.24) is 5.32 Å². The van der Waals surface area contributed by atoms with Crippen LogP contribution in [0.1, 0.15) is 25.3 Å². The summed E-state index contributed by atoms with van der Waals surface area (Å²) in [6, 6.07) is 6.97. The van der Waals surface area contributed by atoms with Crippen molar-refractivity contribution in [2.45, 2.75) is 32.3 Å². The Balaban J connectivity index is 2.31. The number of aliphatic hydroxyl groups excluding tert-OH is 1. The first-order chi connectivity index (χ1) is 8.13. The van der Waals surface area contributed by atoms with E-state index in [0.717, 1.165) is 5.56 Å². The normalized spacial score (nSPS) is 12.1. The third-order valence-electron chi connectivity index (χ3n) is 2.62. The number of para-hydroxylation sites is 1. The number of rotatable bonds is 6. The van der Waals surface area contributed by atoms with Gasteiger partial charge in [-0.05, 0) is 24.5 Å². The van der Waals surface area contributed by atoms with E-state index in [1.807, 2.05) is 13.0 Å². The van der Waals surface area contributed by atoms with E-state index in [4.69, 9.17) is 0 Å². The second-order valence-electron chi connectivity index (χ2n) is 3.99. The molecule has 94 valence electrons. The van der Waals surface area contributed by atoms with Gasteiger partial charge in [-0.3, -0.25) is 4.79 Å². The SMILES string of the molecule is CCC(O)CNC(=O)CCc1ccccc1O. The molecule has 0 aliphatic carbocycles. The minimum absolute atomic E-state index is 0.110. The lowest BCUT2D eigenvalue weighted by Gasteiger charge is -2.09. The molecule has 1 amide bonds. The molecule has 4 nitrogen and oxygen atoms in total. The Kier molecular flexibility index (Phi) is 5.49. The van der Waals surface area contributed by atoms with Gasteiger partial charge in [-0.25, -0.2) is 0 Å². The van der Waals surface area contributed by atoms with E-state index in [1.54, 1.807) is 18.2 Å². The molecule has 0 aliphatic rings. The van der Waals surface area contributed by atoms with Crippen LogP contribution in [0.5, 0.6) is 5.75 Å². The quantitative estimate of drug-likeness (QED) is 0.696. The van der Waals surface area contributed by atoms with Crippen LogP contribution in [0.2, 0.25) is 0 Å². The van der Waals surface area contributed by atoms with Crippen LogP contribution in [0.3, 0.4) is 0 Å². The van der Waals surface area contributed by atoms with Crippen molar-refractivity contribution in [1.29, 1.82) is 0 Å². The fourth-order valence-electron chi connectivity index (χ4n) is 1.43. The molecular weight excluding hydrogens is 218 g/mol. The van der Waals surface area contributed by atoms with Gasteiger partial charge in [0.25, 0.3) is 0 Å². The first kappa shape index (κ1) is 13.5. The van der Waals surface area contributed by atoms with Gasteiger partial charge in [0.15, 0.2) is 0 Å². The number of nitrogens with one attached hydrogen (secondary N) is 1. The highest BCUT2D eigenvalue weighted by atomic mass is 16.3. The molecule has 0 spiro atoms. The fourth-order valence-corrected chi connectivity index (χ4v) is 1.43. The molecule has 1 atom stereocenters. The number of hydrogen-bond donors (Lipinski definition) is 3. The van der Waals surface area contributed by atoms with E-state index in [1.165, 1.54) is 0 Å². The summed E-state index contributed by atoms with van der Waals surface area (Å²) < 4.78 is 0. The zero-order chi connectivity index (χ0) is 12.7. The minimum atomic E-state index is -0.482. The van der Waals surface area contributed by atoms with Gasteiger partial charge in [-0.1, -0.05) is 25.1 Å². The van der Waals surface area contributed by atoms with Crippen LogP contribution in [-0.2, 0) is 11.2 Å². The zero-order valence-corrected chi connectivity index (χ0v) is 10.0. The largest absolute Gasteiger partial charge is 0.508 e. The van der Waals surface area contributed by atoms with Gasteiger partial charge >= 0.3 is 0 Å². The number of carbonyl (C=O) groups excluding carboxylic acids is 1. The molecule has 0 fully saturated rings. The maximum atomic E-state index is 11.4. The van der Waals surface area contributed by atoms with Gasteiger partial charge in [0, 0.05) is 13.0 Å². The number of aromatic hydroxyl groups is 1. The number of phenolic OH excluding ortho intramolecular Hbond substituents is 1.